The molecule has 1 N–H and O–H groups in total. The molecule has 0 spiro atoms. The quantitative estimate of drug-likeness (QED) is 0.865. The van der Waals surface area contributed by atoms with Crippen LogP contribution in [0.15, 0.2) is 42.5 Å². The maximum atomic E-state index is 13.8. The summed E-state index contributed by atoms with van der Waals surface area (Å²) < 4.78 is 27.0. The molecular formula is C17H17F2N. The third-order valence-electron chi connectivity index (χ3n) is 4.03. The van der Waals surface area contributed by atoms with E-state index in [1.165, 1.54) is 17.7 Å². The summed E-state index contributed by atoms with van der Waals surface area (Å²) in [5.41, 5.74) is 2.83. The normalized spacial score (nSPS) is 21.1. The summed E-state index contributed by atoms with van der Waals surface area (Å²) in [7, 11) is 0. The molecule has 0 amide bonds. The Labute approximate surface area is 117 Å². The van der Waals surface area contributed by atoms with Crippen LogP contribution in [-0.4, -0.2) is 6.04 Å². The van der Waals surface area contributed by atoms with Gasteiger partial charge in [-0.3, -0.25) is 0 Å². The second-order valence-corrected chi connectivity index (χ2v) is 5.53. The molecule has 3 heteroatoms. The molecule has 2 aromatic carbocycles. The second kappa shape index (κ2) is 5.23. The smallest absolute Gasteiger partial charge is 0.126 e. The number of fused-ring (bicyclic) bond motifs is 1. The Morgan fingerprint density at radius 1 is 1.15 bits per heavy atom. The Balaban J connectivity index is 1.83. The van der Waals surface area contributed by atoms with Crippen molar-refractivity contribution >= 4 is 5.69 Å². The van der Waals surface area contributed by atoms with Crippen molar-refractivity contribution in [3.63, 3.8) is 0 Å². The molecule has 1 aliphatic heterocycles. The van der Waals surface area contributed by atoms with Gasteiger partial charge in [-0.1, -0.05) is 25.1 Å². The lowest BCUT2D eigenvalue weighted by Gasteiger charge is -2.33. The highest BCUT2D eigenvalue weighted by Crippen LogP contribution is 2.30. The van der Waals surface area contributed by atoms with Crippen molar-refractivity contribution in [2.24, 2.45) is 5.92 Å². The molecule has 1 aliphatic rings. The summed E-state index contributed by atoms with van der Waals surface area (Å²) in [6.45, 7) is 2.14. The van der Waals surface area contributed by atoms with E-state index in [0.717, 1.165) is 18.2 Å². The largest absolute Gasteiger partial charge is 0.381 e. The van der Waals surface area contributed by atoms with E-state index in [0.29, 0.717) is 17.9 Å². The summed E-state index contributed by atoms with van der Waals surface area (Å²) in [5, 5.41) is 3.45. The van der Waals surface area contributed by atoms with Crippen molar-refractivity contribution < 1.29 is 8.78 Å². The molecule has 1 heterocycles. The average Bonchev–Trinajstić information content (AvgIpc) is 2.43. The van der Waals surface area contributed by atoms with Gasteiger partial charge in [0.15, 0.2) is 0 Å². The van der Waals surface area contributed by atoms with Gasteiger partial charge in [0.2, 0.25) is 0 Å². The molecule has 0 saturated carbocycles. The molecule has 0 fully saturated rings. The van der Waals surface area contributed by atoms with Gasteiger partial charge in [0.1, 0.15) is 11.6 Å². The van der Waals surface area contributed by atoms with Crippen LogP contribution in [0, 0.1) is 17.6 Å². The minimum atomic E-state index is -0.384. The fraction of sp³-hybridized carbons (Fsp3) is 0.294. The number of nitrogens with one attached hydrogen (secondary N) is 1. The maximum Gasteiger partial charge on any atom is 0.126 e. The molecule has 3 rings (SSSR count). The zero-order chi connectivity index (χ0) is 14.1. The molecule has 0 bridgehead atoms. The van der Waals surface area contributed by atoms with Gasteiger partial charge in [0, 0.05) is 11.7 Å². The molecule has 2 unspecified atom stereocenters. The SMILES string of the molecule is CC1Cc2ccccc2NC1Cc1cc(F)ccc1F. The number of hydrogen-bond donors (Lipinski definition) is 1. The molecule has 1 nitrogen and oxygen atoms in total. The van der Waals surface area contributed by atoms with Crippen LogP contribution in [0.1, 0.15) is 18.1 Å². The maximum absolute atomic E-state index is 13.8. The summed E-state index contributed by atoms with van der Waals surface area (Å²) in [6.07, 6.45) is 1.46. The van der Waals surface area contributed by atoms with Crippen LogP contribution >= 0.6 is 0 Å². The fourth-order valence-corrected chi connectivity index (χ4v) is 2.86. The minimum Gasteiger partial charge on any atom is -0.381 e. The van der Waals surface area contributed by atoms with Crippen LogP contribution in [-0.2, 0) is 12.8 Å². The van der Waals surface area contributed by atoms with E-state index in [4.69, 9.17) is 0 Å². The van der Waals surface area contributed by atoms with Gasteiger partial charge < -0.3 is 5.32 Å². The molecule has 20 heavy (non-hydrogen) atoms. The Morgan fingerprint density at radius 2 is 1.95 bits per heavy atom. The van der Waals surface area contributed by atoms with Crippen molar-refractivity contribution in [1.82, 2.24) is 0 Å². The molecule has 2 aromatic rings. The molecule has 0 aliphatic carbocycles. The van der Waals surface area contributed by atoms with Crippen LogP contribution in [0.2, 0.25) is 0 Å². The topological polar surface area (TPSA) is 12.0 Å². The predicted molar refractivity (Wildman–Crippen MR) is 76.8 cm³/mol. The van der Waals surface area contributed by atoms with Crippen LogP contribution in [0.25, 0.3) is 0 Å². The number of hydrogen-bond acceptors (Lipinski definition) is 1. The lowest BCUT2D eigenvalue weighted by molar-refractivity contribution is 0.453. The molecule has 0 saturated heterocycles. The van der Waals surface area contributed by atoms with Crippen molar-refractivity contribution in [1.29, 1.82) is 0 Å². The van der Waals surface area contributed by atoms with E-state index in [2.05, 4.69) is 18.3 Å². The molecular weight excluding hydrogens is 256 g/mol. The number of para-hydroxylation sites is 1. The van der Waals surface area contributed by atoms with Crippen molar-refractivity contribution in [3.8, 4) is 0 Å². The summed E-state index contributed by atoms with van der Waals surface area (Å²) in [4.78, 5) is 0. The molecule has 0 radical (unpaired) electrons. The molecule has 0 aromatic heterocycles. The van der Waals surface area contributed by atoms with Crippen LogP contribution in [0.4, 0.5) is 14.5 Å². The first-order valence-electron chi connectivity index (χ1n) is 6.92. The summed E-state index contributed by atoms with van der Waals surface area (Å²) in [5.74, 6) is -0.336. The number of anilines is 1. The third kappa shape index (κ3) is 2.53. The number of halogens is 2. The summed E-state index contributed by atoms with van der Waals surface area (Å²) in [6, 6.07) is 11.9. The second-order valence-electron chi connectivity index (χ2n) is 5.53. The highest BCUT2D eigenvalue weighted by Gasteiger charge is 2.25. The lowest BCUT2D eigenvalue weighted by Crippen LogP contribution is -2.35. The average molecular weight is 273 g/mol. The van der Waals surface area contributed by atoms with Gasteiger partial charge in [-0.2, -0.15) is 0 Å². The van der Waals surface area contributed by atoms with Crippen LogP contribution < -0.4 is 5.32 Å². The van der Waals surface area contributed by atoms with Crippen molar-refractivity contribution in [2.45, 2.75) is 25.8 Å². The van der Waals surface area contributed by atoms with E-state index in [9.17, 15) is 8.78 Å². The van der Waals surface area contributed by atoms with E-state index in [1.807, 2.05) is 18.2 Å². The number of benzene rings is 2. The molecule has 2 atom stereocenters. The van der Waals surface area contributed by atoms with Crippen LogP contribution in [0.3, 0.4) is 0 Å². The van der Waals surface area contributed by atoms with E-state index in [-0.39, 0.29) is 17.7 Å². The predicted octanol–water partition coefficient (Wildman–Crippen LogP) is 4.18. The van der Waals surface area contributed by atoms with Crippen molar-refractivity contribution in [3.05, 3.63) is 65.2 Å². The lowest BCUT2D eigenvalue weighted by atomic mass is 9.85. The number of rotatable bonds is 2. The van der Waals surface area contributed by atoms with E-state index in [1.54, 1.807) is 0 Å². The summed E-state index contributed by atoms with van der Waals surface area (Å²) >= 11 is 0. The van der Waals surface area contributed by atoms with Gasteiger partial charge in [0.25, 0.3) is 0 Å². The van der Waals surface area contributed by atoms with Gasteiger partial charge in [-0.25, -0.2) is 8.78 Å². The first-order chi connectivity index (χ1) is 9.63. The van der Waals surface area contributed by atoms with Gasteiger partial charge in [-0.05, 0) is 54.2 Å². The monoisotopic (exact) mass is 273 g/mol. The van der Waals surface area contributed by atoms with Gasteiger partial charge >= 0.3 is 0 Å². The van der Waals surface area contributed by atoms with Gasteiger partial charge in [0.05, 0.1) is 0 Å². The zero-order valence-corrected chi connectivity index (χ0v) is 11.4. The Bertz CT molecular complexity index is 624. The molecule has 104 valence electrons. The fourth-order valence-electron chi connectivity index (χ4n) is 2.86. The van der Waals surface area contributed by atoms with Gasteiger partial charge in [-0.15, -0.1) is 0 Å². The zero-order valence-electron chi connectivity index (χ0n) is 11.4. The third-order valence-corrected chi connectivity index (χ3v) is 4.03. The Hall–Kier alpha value is -1.90. The standard InChI is InChI=1S/C17H17F2N/c1-11-8-12-4-2-3-5-16(12)20-17(11)10-13-9-14(18)6-7-15(13)19/h2-7,9,11,17,20H,8,10H2,1H3. The van der Waals surface area contributed by atoms with E-state index < -0.39 is 0 Å². The van der Waals surface area contributed by atoms with E-state index >= 15 is 0 Å². The first-order valence-corrected chi connectivity index (χ1v) is 6.92. The van der Waals surface area contributed by atoms with Crippen LogP contribution in [0.5, 0.6) is 0 Å². The highest BCUT2D eigenvalue weighted by atomic mass is 19.1. The Kier molecular flexibility index (Phi) is 3.43. The minimum absolute atomic E-state index is 0.126. The van der Waals surface area contributed by atoms with Crippen molar-refractivity contribution in [2.75, 3.05) is 5.32 Å². The highest BCUT2D eigenvalue weighted by molar-refractivity contribution is 5.54. The first kappa shape index (κ1) is 13.1. The Morgan fingerprint density at radius 3 is 2.80 bits per heavy atom.